The Bertz CT molecular complexity index is 770. The van der Waals surface area contributed by atoms with Gasteiger partial charge >= 0.3 is 0 Å². The molecular formula is C14H14ClN5OS. The standard InChI is InChI=1S/C14H14ClN5OS/c1-8-9(7-20-13(16-8)18-14(19-20)22-2)12(21)17-11-6-4-3-5-10(11)15/h3-6H,7H2,1-2H3,(H,17,21)(H,16,18,19). The van der Waals surface area contributed by atoms with Crippen LogP contribution in [0.2, 0.25) is 5.02 Å². The molecule has 1 aliphatic heterocycles. The number of hydrogen-bond acceptors (Lipinski definition) is 5. The van der Waals surface area contributed by atoms with Crippen molar-refractivity contribution in [1.82, 2.24) is 14.8 Å². The molecule has 0 aliphatic carbocycles. The summed E-state index contributed by atoms with van der Waals surface area (Å²) in [4.78, 5) is 16.8. The van der Waals surface area contributed by atoms with Crippen molar-refractivity contribution in [2.24, 2.45) is 0 Å². The van der Waals surface area contributed by atoms with E-state index in [1.807, 2.05) is 25.3 Å². The van der Waals surface area contributed by atoms with Crippen LogP contribution in [-0.2, 0) is 11.3 Å². The molecule has 0 fully saturated rings. The molecule has 0 bridgehead atoms. The van der Waals surface area contributed by atoms with E-state index in [1.165, 1.54) is 11.8 Å². The predicted molar refractivity (Wildman–Crippen MR) is 88.2 cm³/mol. The van der Waals surface area contributed by atoms with Crippen LogP contribution in [0.5, 0.6) is 0 Å². The lowest BCUT2D eigenvalue weighted by Gasteiger charge is -2.19. The number of amides is 1. The molecule has 22 heavy (non-hydrogen) atoms. The first-order valence-electron chi connectivity index (χ1n) is 6.60. The lowest BCUT2D eigenvalue weighted by atomic mass is 10.1. The van der Waals surface area contributed by atoms with Crippen LogP contribution in [0.3, 0.4) is 0 Å². The second-order valence-corrected chi connectivity index (χ2v) is 5.92. The van der Waals surface area contributed by atoms with Crippen LogP contribution in [0, 0.1) is 0 Å². The predicted octanol–water partition coefficient (Wildman–Crippen LogP) is 2.99. The lowest BCUT2D eigenvalue weighted by molar-refractivity contribution is -0.113. The van der Waals surface area contributed by atoms with E-state index in [0.29, 0.717) is 33.9 Å². The van der Waals surface area contributed by atoms with Gasteiger partial charge in [0.15, 0.2) is 0 Å². The van der Waals surface area contributed by atoms with Crippen molar-refractivity contribution in [1.29, 1.82) is 0 Å². The molecule has 0 saturated carbocycles. The first-order valence-corrected chi connectivity index (χ1v) is 8.20. The van der Waals surface area contributed by atoms with Gasteiger partial charge in [0, 0.05) is 5.70 Å². The van der Waals surface area contributed by atoms with Crippen LogP contribution in [0.4, 0.5) is 11.6 Å². The van der Waals surface area contributed by atoms with Crippen molar-refractivity contribution in [2.75, 3.05) is 16.9 Å². The molecule has 0 atom stereocenters. The Labute approximate surface area is 136 Å². The highest BCUT2D eigenvalue weighted by molar-refractivity contribution is 7.98. The van der Waals surface area contributed by atoms with Gasteiger partial charge in [-0.3, -0.25) is 4.79 Å². The molecule has 0 saturated heterocycles. The SMILES string of the molecule is CSc1nc2n(n1)CC(C(=O)Nc1ccccc1Cl)=C(C)N2. The molecule has 0 spiro atoms. The molecule has 3 rings (SSSR count). The number of fused-ring (bicyclic) bond motifs is 1. The van der Waals surface area contributed by atoms with Crippen molar-refractivity contribution in [3.05, 3.63) is 40.6 Å². The second kappa shape index (κ2) is 6.02. The Balaban J connectivity index is 1.82. The minimum absolute atomic E-state index is 0.204. The highest BCUT2D eigenvalue weighted by Crippen LogP contribution is 2.25. The zero-order valence-electron chi connectivity index (χ0n) is 12.1. The van der Waals surface area contributed by atoms with Gasteiger partial charge in [0.2, 0.25) is 11.1 Å². The third-order valence-electron chi connectivity index (χ3n) is 3.29. The third-order valence-corrected chi connectivity index (χ3v) is 4.16. The molecular weight excluding hydrogens is 322 g/mol. The highest BCUT2D eigenvalue weighted by atomic mass is 35.5. The molecule has 2 aromatic rings. The maximum absolute atomic E-state index is 12.5. The summed E-state index contributed by atoms with van der Waals surface area (Å²) in [5, 5.41) is 11.4. The van der Waals surface area contributed by atoms with Crippen molar-refractivity contribution in [3.8, 4) is 0 Å². The first kappa shape index (κ1) is 14.9. The fraction of sp³-hybridized carbons (Fsp3) is 0.214. The number of halogens is 1. The van der Waals surface area contributed by atoms with Gasteiger partial charge in [-0.25, -0.2) is 4.68 Å². The van der Waals surface area contributed by atoms with Crippen molar-refractivity contribution in [3.63, 3.8) is 0 Å². The molecule has 2 N–H and O–H groups in total. The zero-order chi connectivity index (χ0) is 15.7. The average molecular weight is 336 g/mol. The van der Waals surface area contributed by atoms with Crippen molar-refractivity contribution in [2.45, 2.75) is 18.6 Å². The fourth-order valence-corrected chi connectivity index (χ4v) is 2.67. The fourth-order valence-electron chi connectivity index (χ4n) is 2.12. The van der Waals surface area contributed by atoms with E-state index in [1.54, 1.807) is 16.8 Å². The van der Waals surface area contributed by atoms with Crippen LogP contribution in [0.1, 0.15) is 6.92 Å². The Hall–Kier alpha value is -1.99. The van der Waals surface area contributed by atoms with Crippen molar-refractivity contribution < 1.29 is 4.79 Å². The Morgan fingerprint density at radius 3 is 2.95 bits per heavy atom. The summed E-state index contributed by atoms with van der Waals surface area (Å²) in [6.07, 6.45) is 1.91. The second-order valence-electron chi connectivity index (χ2n) is 4.74. The van der Waals surface area contributed by atoms with Gasteiger partial charge in [0.25, 0.3) is 5.91 Å². The molecule has 114 valence electrons. The van der Waals surface area contributed by atoms with E-state index < -0.39 is 0 Å². The van der Waals surface area contributed by atoms with Gasteiger partial charge in [-0.15, -0.1) is 5.10 Å². The summed E-state index contributed by atoms with van der Waals surface area (Å²) in [6, 6.07) is 7.13. The molecule has 8 heteroatoms. The monoisotopic (exact) mass is 335 g/mol. The number of carbonyl (C=O) groups excluding carboxylic acids is 1. The Morgan fingerprint density at radius 1 is 1.45 bits per heavy atom. The van der Waals surface area contributed by atoms with E-state index in [2.05, 4.69) is 20.7 Å². The summed E-state index contributed by atoms with van der Waals surface area (Å²) in [5.74, 6) is 0.445. The smallest absolute Gasteiger partial charge is 0.255 e. The number of carbonyl (C=O) groups is 1. The van der Waals surface area contributed by atoms with Gasteiger partial charge in [-0.05, 0) is 25.3 Å². The average Bonchev–Trinajstić information content (AvgIpc) is 2.90. The van der Waals surface area contributed by atoms with Gasteiger partial charge < -0.3 is 10.6 Å². The van der Waals surface area contributed by atoms with Crippen LogP contribution >= 0.6 is 23.4 Å². The number of rotatable bonds is 3. The van der Waals surface area contributed by atoms with Crippen molar-refractivity contribution >= 4 is 40.9 Å². The van der Waals surface area contributed by atoms with Gasteiger partial charge in [0.05, 0.1) is 22.8 Å². The first-order chi connectivity index (χ1) is 10.6. The minimum Gasteiger partial charge on any atom is -0.328 e. The van der Waals surface area contributed by atoms with Gasteiger partial charge in [0.1, 0.15) is 0 Å². The number of aromatic nitrogens is 3. The molecule has 6 nitrogen and oxygen atoms in total. The molecule has 0 radical (unpaired) electrons. The quantitative estimate of drug-likeness (QED) is 0.844. The molecule has 1 aromatic carbocycles. The zero-order valence-corrected chi connectivity index (χ0v) is 13.6. The van der Waals surface area contributed by atoms with Crippen LogP contribution in [-0.4, -0.2) is 26.9 Å². The number of nitrogens with zero attached hydrogens (tertiary/aromatic N) is 3. The molecule has 1 amide bonds. The molecule has 1 aromatic heterocycles. The summed E-state index contributed by atoms with van der Waals surface area (Å²) < 4.78 is 1.68. The van der Waals surface area contributed by atoms with E-state index in [9.17, 15) is 4.79 Å². The maximum atomic E-state index is 12.5. The molecule has 0 unspecified atom stereocenters. The van der Waals surface area contributed by atoms with Gasteiger partial charge in [-0.2, -0.15) is 4.98 Å². The largest absolute Gasteiger partial charge is 0.328 e. The maximum Gasteiger partial charge on any atom is 0.255 e. The number of para-hydroxylation sites is 1. The number of thioether (sulfide) groups is 1. The number of allylic oxidation sites excluding steroid dienone is 1. The van der Waals surface area contributed by atoms with E-state index in [4.69, 9.17) is 11.6 Å². The summed E-state index contributed by atoms with van der Waals surface area (Å²) in [5.41, 5.74) is 1.95. The lowest BCUT2D eigenvalue weighted by Crippen LogP contribution is -2.26. The molecule has 2 heterocycles. The number of hydrogen-bond donors (Lipinski definition) is 2. The summed E-state index contributed by atoms with van der Waals surface area (Å²) >= 11 is 7.53. The Morgan fingerprint density at radius 2 is 2.23 bits per heavy atom. The van der Waals surface area contributed by atoms with Crippen LogP contribution in [0.15, 0.2) is 40.7 Å². The van der Waals surface area contributed by atoms with E-state index >= 15 is 0 Å². The van der Waals surface area contributed by atoms with E-state index in [-0.39, 0.29) is 5.91 Å². The summed E-state index contributed by atoms with van der Waals surface area (Å²) in [6.45, 7) is 2.22. The topological polar surface area (TPSA) is 71.8 Å². The summed E-state index contributed by atoms with van der Waals surface area (Å²) in [7, 11) is 0. The highest BCUT2D eigenvalue weighted by Gasteiger charge is 2.23. The van der Waals surface area contributed by atoms with E-state index in [0.717, 1.165) is 5.70 Å². The van der Waals surface area contributed by atoms with Crippen LogP contribution in [0.25, 0.3) is 0 Å². The normalized spacial score (nSPS) is 13.6. The number of benzene rings is 1. The minimum atomic E-state index is -0.204. The van der Waals surface area contributed by atoms with Crippen LogP contribution < -0.4 is 10.6 Å². The van der Waals surface area contributed by atoms with Gasteiger partial charge in [-0.1, -0.05) is 35.5 Å². The third kappa shape index (κ3) is 2.82. The number of anilines is 2. The number of nitrogens with one attached hydrogen (secondary N) is 2. The molecule has 1 aliphatic rings. The Kier molecular flexibility index (Phi) is 4.08.